The van der Waals surface area contributed by atoms with Gasteiger partial charge in [0.1, 0.15) is 5.69 Å². The normalized spacial score (nSPS) is 10.7. The smallest absolute Gasteiger partial charge is 0.160 e. The summed E-state index contributed by atoms with van der Waals surface area (Å²) in [6, 6.07) is 3.85. The molecule has 0 radical (unpaired) electrons. The number of aromatic amines is 3. The summed E-state index contributed by atoms with van der Waals surface area (Å²) in [6.07, 6.45) is 5.28. The van der Waals surface area contributed by atoms with E-state index in [1.54, 1.807) is 12.4 Å². The molecule has 3 aromatic rings. The van der Waals surface area contributed by atoms with Gasteiger partial charge in [-0.05, 0) is 12.1 Å². The minimum Gasteiger partial charge on any atom is -0.360 e. The largest absolute Gasteiger partial charge is 0.360 e. The van der Waals surface area contributed by atoms with Gasteiger partial charge in [0.15, 0.2) is 11.5 Å². The number of hydrogen-bond donors (Lipinski definition) is 3. The van der Waals surface area contributed by atoms with Crippen molar-refractivity contribution in [2.24, 2.45) is 0 Å². The predicted molar refractivity (Wildman–Crippen MR) is 53.8 cm³/mol. The van der Waals surface area contributed by atoms with Crippen molar-refractivity contribution in [2.75, 3.05) is 0 Å². The highest BCUT2D eigenvalue weighted by Crippen LogP contribution is 2.23. The standard InChI is InChI=1S/C9H8N6/c1-2-6(10-3-1)7-8(14-15-13-7)9-11-4-5-12-9/h1-5,10H,(H,11,12)(H,13,14,15). The molecule has 0 fully saturated rings. The third kappa shape index (κ3) is 1.23. The molecule has 0 amide bonds. The summed E-state index contributed by atoms with van der Waals surface area (Å²) in [5, 5.41) is 10.7. The molecule has 15 heavy (non-hydrogen) atoms. The Morgan fingerprint density at radius 2 is 1.93 bits per heavy atom. The van der Waals surface area contributed by atoms with E-state index in [-0.39, 0.29) is 0 Å². The van der Waals surface area contributed by atoms with Crippen LogP contribution < -0.4 is 0 Å². The maximum Gasteiger partial charge on any atom is 0.160 e. The Balaban J connectivity index is 2.15. The highest BCUT2D eigenvalue weighted by Gasteiger charge is 2.14. The molecule has 3 N–H and O–H groups in total. The maximum atomic E-state index is 4.14. The molecule has 0 bridgehead atoms. The summed E-state index contributed by atoms with van der Waals surface area (Å²) in [5.74, 6) is 0.702. The van der Waals surface area contributed by atoms with Crippen molar-refractivity contribution in [1.29, 1.82) is 0 Å². The molecular weight excluding hydrogens is 192 g/mol. The van der Waals surface area contributed by atoms with E-state index in [2.05, 4.69) is 30.4 Å². The lowest BCUT2D eigenvalue weighted by Crippen LogP contribution is -1.85. The van der Waals surface area contributed by atoms with Crippen molar-refractivity contribution in [2.45, 2.75) is 0 Å². The van der Waals surface area contributed by atoms with Gasteiger partial charge in [0, 0.05) is 18.6 Å². The Hall–Kier alpha value is -2.37. The molecule has 0 aliphatic rings. The van der Waals surface area contributed by atoms with Gasteiger partial charge in [-0.2, -0.15) is 15.4 Å². The first-order chi connectivity index (χ1) is 7.45. The number of aromatic nitrogens is 6. The number of nitrogens with zero attached hydrogens (tertiary/aromatic N) is 3. The number of imidazole rings is 1. The molecule has 0 aliphatic heterocycles. The van der Waals surface area contributed by atoms with Crippen LogP contribution in [0.25, 0.3) is 22.9 Å². The van der Waals surface area contributed by atoms with E-state index >= 15 is 0 Å². The quantitative estimate of drug-likeness (QED) is 0.580. The molecule has 0 saturated heterocycles. The van der Waals surface area contributed by atoms with Crippen LogP contribution in [-0.4, -0.2) is 30.4 Å². The minimum atomic E-state index is 0.702. The molecule has 0 saturated carbocycles. The molecule has 0 spiro atoms. The lowest BCUT2D eigenvalue weighted by Gasteiger charge is -1.93. The van der Waals surface area contributed by atoms with E-state index in [9.17, 15) is 0 Å². The fraction of sp³-hybridized carbons (Fsp3) is 0. The average Bonchev–Trinajstić information content (AvgIpc) is 3.01. The summed E-state index contributed by atoms with van der Waals surface area (Å²) in [4.78, 5) is 10.2. The summed E-state index contributed by atoms with van der Waals surface area (Å²) in [7, 11) is 0. The third-order valence-electron chi connectivity index (χ3n) is 2.12. The van der Waals surface area contributed by atoms with Crippen molar-refractivity contribution in [3.63, 3.8) is 0 Å². The van der Waals surface area contributed by atoms with Crippen LogP contribution in [0.1, 0.15) is 0 Å². The van der Waals surface area contributed by atoms with E-state index < -0.39 is 0 Å². The fourth-order valence-corrected chi connectivity index (χ4v) is 1.46. The molecule has 0 aromatic carbocycles. The van der Waals surface area contributed by atoms with Crippen molar-refractivity contribution >= 4 is 0 Å². The van der Waals surface area contributed by atoms with Gasteiger partial charge in [-0.15, -0.1) is 0 Å². The second-order valence-corrected chi connectivity index (χ2v) is 3.04. The van der Waals surface area contributed by atoms with E-state index in [1.807, 2.05) is 18.3 Å². The first kappa shape index (κ1) is 7.98. The first-order valence-corrected chi connectivity index (χ1v) is 4.49. The van der Waals surface area contributed by atoms with Gasteiger partial charge in [-0.25, -0.2) is 4.98 Å². The summed E-state index contributed by atoms with van der Waals surface area (Å²) in [6.45, 7) is 0. The molecule has 3 aromatic heterocycles. The Morgan fingerprint density at radius 3 is 2.67 bits per heavy atom. The molecular formula is C9H8N6. The SMILES string of the molecule is c1c[nH]c(-c2n[nH]nc2-c2ncc[nH]2)c1. The van der Waals surface area contributed by atoms with Gasteiger partial charge >= 0.3 is 0 Å². The topological polar surface area (TPSA) is 86.0 Å². The fourth-order valence-electron chi connectivity index (χ4n) is 1.46. The van der Waals surface area contributed by atoms with Crippen LogP contribution in [0.15, 0.2) is 30.7 Å². The molecule has 74 valence electrons. The molecule has 6 nitrogen and oxygen atoms in total. The summed E-state index contributed by atoms with van der Waals surface area (Å²) < 4.78 is 0. The van der Waals surface area contributed by atoms with Gasteiger partial charge in [-0.3, -0.25) is 0 Å². The van der Waals surface area contributed by atoms with Crippen molar-refractivity contribution < 1.29 is 0 Å². The monoisotopic (exact) mass is 200 g/mol. The number of nitrogens with one attached hydrogen (secondary N) is 3. The summed E-state index contributed by atoms with van der Waals surface area (Å²) >= 11 is 0. The number of hydrogen-bond acceptors (Lipinski definition) is 3. The van der Waals surface area contributed by atoms with Crippen LogP contribution in [0.4, 0.5) is 0 Å². The van der Waals surface area contributed by atoms with Gasteiger partial charge < -0.3 is 9.97 Å². The Labute approximate surface area is 84.8 Å². The van der Waals surface area contributed by atoms with Crippen LogP contribution in [0.2, 0.25) is 0 Å². The van der Waals surface area contributed by atoms with Gasteiger partial charge in [0.05, 0.1) is 5.69 Å². The van der Waals surface area contributed by atoms with E-state index in [1.165, 1.54) is 0 Å². The molecule has 6 heteroatoms. The van der Waals surface area contributed by atoms with E-state index in [0.717, 1.165) is 11.4 Å². The second kappa shape index (κ2) is 3.09. The minimum absolute atomic E-state index is 0.702. The van der Waals surface area contributed by atoms with Gasteiger partial charge in [0.25, 0.3) is 0 Å². The molecule has 0 unspecified atom stereocenters. The predicted octanol–water partition coefficient (Wildman–Crippen LogP) is 1.19. The summed E-state index contributed by atoms with van der Waals surface area (Å²) in [5.41, 5.74) is 2.38. The zero-order chi connectivity index (χ0) is 10.1. The zero-order valence-corrected chi connectivity index (χ0v) is 7.73. The molecule has 0 aliphatic carbocycles. The highest BCUT2D eigenvalue weighted by molar-refractivity contribution is 5.71. The van der Waals surface area contributed by atoms with Crippen LogP contribution in [0.5, 0.6) is 0 Å². The van der Waals surface area contributed by atoms with Crippen molar-refractivity contribution in [3.8, 4) is 22.9 Å². The van der Waals surface area contributed by atoms with E-state index in [0.29, 0.717) is 11.5 Å². The lowest BCUT2D eigenvalue weighted by molar-refractivity contribution is 0.940. The molecule has 0 atom stereocenters. The highest BCUT2D eigenvalue weighted by atomic mass is 15.3. The van der Waals surface area contributed by atoms with Crippen molar-refractivity contribution in [3.05, 3.63) is 30.7 Å². The Morgan fingerprint density at radius 1 is 1.00 bits per heavy atom. The molecule has 3 heterocycles. The van der Waals surface area contributed by atoms with Crippen molar-refractivity contribution in [1.82, 2.24) is 30.4 Å². The van der Waals surface area contributed by atoms with Crippen LogP contribution in [0, 0.1) is 0 Å². The first-order valence-electron chi connectivity index (χ1n) is 4.49. The third-order valence-corrected chi connectivity index (χ3v) is 2.12. The van der Waals surface area contributed by atoms with Gasteiger partial charge in [-0.1, -0.05) is 0 Å². The maximum absolute atomic E-state index is 4.14. The Kier molecular flexibility index (Phi) is 1.64. The molecule has 3 rings (SSSR count). The van der Waals surface area contributed by atoms with E-state index in [4.69, 9.17) is 0 Å². The van der Waals surface area contributed by atoms with Crippen LogP contribution in [0.3, 0.4) is 0 Å². The van der Waals surface area contributed by atoms with Gasteiger partial charge in [0.2, 0.25) is 0 Å². The number of H-pyrrole nitrogens is 3. The van der Waals surface area contributed by atoms with Crippen LogP contribution in [-0.2, 0) is 0 Å². The lowest BCUT2D eigenvalue weighted by atomic mass is 10.2. The number of rotatable bonds is 2. The zero-order valence-electron chi connectivity index (χ0n) is 7.73. The second-order valence-electron chi connectivity index (χ2n) is 3.04. The van der Waals surface area contributed by atoms with Crippen LogP contribution >= 0.6 is 0 Å². The average molecular weight is 200 g/mol. The Bertz CT molecular complexity index is 484.